The Balaban J connectivity index is 1.91. The molecular formula is C15H17N3O2S. The van der Waals surface area contributed by atoms with Gasteiger partial charge in [-0.15, -0.1) is 0 Å². The van der Waals surface area contributed by atoms with E-state index in [0.717, 1.165) is 18.8 Å². The third kappa shape index (κ3) is 2.48. The van der Waals surface area contributed by atoms with E-state index in [-0.39, 0.29) is 10.6 Å². The summed E-state index contributed by atoms with van der Waals surface area (Å²) in [6, 6.07) is 13.3. The highest BCUT2D eigenvalue weighted by Crippen LogP contribution is 2.31. The van der Waals surface area contributed by atoms with E-state index in [1.54, 1.807) is 18.2 Å². The number of hydrogen-bond donors (Lipinski definition) is 2. The summed E-state index contributed by atoms with van der Waals surface area (Å²) < 4.78 is 25.9. The molecule has 0 unspecified atom stereocenters. The van der Waals surface area contributed by atoms with Crippen LogP contribution in [0.4, 0.5) is 11.4 Å². The fourth-order valence-electron chi connectivity index (χ4n) is 2.60. The number of rotatable bonds is 3. The molecule has 0 bridgehead atoms. The number of benzene rings is 2. The fraction of sp³-hybridized carbons (Fsp3) is 0.200. The molecule has 0 saturated heterocycles. The largest absolute Gasteiger partial charge is 0.398 e. The van der Waals surface area contributed by atoms with E-state index in [1.165, 1.54) is 18.2 Å². The van der Waals surface area contributed by atoms with Crippen LogP contribution in [-0.2, 0) is 23.1 Å². The van der Waals surface area contributed by atoms with E-state index in [9.17, 15) is 8.42 Å². The lowest BCUT2D eigenvalue weighted by molar-refractivity contribution is 0.588. The molecule has 0 atom stereocenters. The van der Waals surface area contributed by atoms with E-state index < -0.39 is 10.0 Å². The number of sulfonamides is 1. The van der Waals surface area contributed by atoms with Crippen LogP contribution in [0.25, 0.3) is 0 Å². The second-order valence-corrected chi connectivity index (χ2v) is 6.91. The first-order valence-corrected chi connectivity index (χ1v) is 8.14. The molecule has 110 valence electrons. The van der Waals surface area contributed by atoms with Gasteiger partial charge in [-0.1, -0.05) is 24.3 Å². The molecule has 0 saturated carbocycles. The zero-order valence-corrected chi connectivity index (χ0v) is 12.5. The van der Waals surface area contributed by atoms with Crippen LogP contribution in [0.15, 0.2) is 47.4 Å². The normalized spacial score (nSPS) is 14.2. The molecule has 5 nitrogen and oxygen atoms in total. The molecule has 0 aromatic heterocycles. The molecule has 21 heavy (non-hydrogen) atoms. The van der Waals surface area contributed by atoms with Crippen LogP contribution < -0.4 is 15.4 Å². The van der Waals surface area contributed by atoms with E-state index in [2.05, 4.69) is 21.8 Å². The minimum Gasteiger partial charge on any atom is -0.398 e. The summed E-state index contributed by atoms with van der Waals surface area (Å²) in [5.74, 6) is 0. The Morgan fingerprint density at radius 1 is 1.10 bits per heavy atom. The maximum atomic E-state index is 11.8. The minimum absolute atomic E-state index is 0.116. The summed E-state index contributed by atoms with van der Waals surface area (Å²) in [5, 5.41) is 0. The average Bonchev–Trinajstić information content (AvgIpc) is 2.90. The third-order valence-corrected chi connectivity index (χ3v) is 5.25. The van der Waals surface area contributed by atoms with E-state index in [0.29, 0.717) is 0 Å². The van der Waals surface area contributed by atoms with Gasteiger partial charge in [0.05, 0.1) is 5.69 Å². The summed E-state index contributed by atoms with van der Waals surface area (Å²) in [7, 11) is -2.14. The van der Waals surface area contributed by atoms with Crippen molar-refractivity contribution in [2.75, 3.05) is 17.7 Å². The molecule has 3 N–H and O–H groups in total. The smallest absolute Gasteiger partial charge is 0.242 e. The Labute approximate surface area is 124 Å². The van der Waals surface area contributed by atoms with Crippen molar-refractivity contribution < 1.29 is 8.42 Å². The lowest BCUT2D eigenvalue weighted by Crippen LogP contribution is -2.20. The van der Waals surface area contributed by atoms with Crippen molar-refractivity contribution in [1.82, 2.24) is 4.72 Å². The van der Waals surface area contributed by atoms with Crippen molar-refractivity contribution >= 4 is 21.4 Å². The highest BCUT2D eigenvalue weighted by molar-refractivity contribution is 7.89. The van der Waals surface area contributed by atoms with Crippen LogP contribution >= 0.6 is 0 Å². The Morgan fingerprint density at radius 2 is 1.71 bits per heavy atom. The van der Waals surface area contributed by atoms with Crippen LogP contribution in [0.3, 0.4) is 0 Å². The van der Waals surface area contributed by atoms with Crippen LogP contribution in [0.1, 0.15) is 11.1 Å². The van der Waals surface area contributed by atoms with Gasteiger partial charge < -0.3 is 10.6 Å². The van der Waals surface area contributed by atoms with Gasteiger partial charge in [0.15, 0.2) is 0 Å². The molecule has 0 aliphatic carbocycles. The highest BCUT2D eigenvalue weighted by Gasteiger charge is 2.21. The summed E-state index contributed by atoms with van der Waals surface area (Å²) in [6.07, 6.45) is 0. The van der Waals surface area contributed by atoms with Crippen molar-refractivity contribution in [3.63, 3.8) is 0 Å². The standard InChI is InChI=1S/C15H17N3O2S/c1-17-21(19,20)15-7-6-13(8-14(15)16)18-9-11-4-2-3-5-12(11)10-18/h2-8,17H,9-10,16H2,1H3. The highest BCUT2D eigenvalue weighted by atomic mass is 32.2. The first kappa shape index (κ1) is 13.9. The molecule has 2 aromatic rings. The number of nitrogen functional groups attached to an aromatic ring is 1. The van der Waals surface area contributed by atoms with Gasteiger partial charge in [0, 0.05) is 18.8 Å². The van der Waals surface area contributed by atoms with E-state index in [1.807, 2.05) is 12.1 Å². The molecule has 6 heteroatoms. The van der Waals surface area contributed by atoms with Crippen molar-refractivity contribution in [2.45, 2.75) is 18.0 Å². The van der Waals surface area contributed by atoms with Gasteiger partial charge in [-0.3, -0.25) is 0 Å². The molecular weight excluding hydrogens is 286 g/mol. The number of nitrogens with zero attached hydrogens (tertiary/aromatic N) is 1. The summed E-state index contributed by atoms with van der Waals surface area (Å²) in [4.78, 5) is 2.29. The summed E-state index contributed by atoms with van der Waals surface area (Å²) in [5.41, 5.74) is 9.69. The topological polar surface area (TPSA) is 75.4 Å². The molecule has 1 heterocycles. The van der Waals surface area contributed by atoms with Gasteiger partial charge in [0.25, 0.3) is 0 Å². The van der Waals surface area contributed by atoms with Gasteiger partial charge >= 0.3 is 0 Å². The number of anilines is 2. The lowest BCUT2D eigenvalue weighted by atomic mass is 10.1. The van der Waals surface area contributed by atoms with Crippen LogP contribution in [-0.4, -0.2) is 15.5 Å². The zero-order chi connectivity index (χ0) is 15.0. The van der Waals surface area contributed by atoms with Gasteiger partial charge in [-0.25, -0.2) is 13.1 Å². The number of fused-ring (bicyclic) bond motifs is 1. The van der Waals surface area contributed by atoms with Crippen molar-refractivity contribution in [1.29, 1.82) is 0 Å². The summed E-state index contributed by atoms with van der Waals surface area (Å²) in [6.45, 7) is 1.63. The second-order valence-electron chi connectivity index (χ2n) is 5.05. The molecule has 3 rings (SSSR count). The van der Waals surface area contributed by atoms with Crippen LogP contribution in [0, 0.1) is 0 Å². The van der Waals surface area contributed by atoms with Gasteiger partial charge in [-0.2, -0.15) is 0 Å². The van der Waals surface area contributed by atoms with Crippen LogP contribution in [0.2, 0.25) is 0 Å². The van der Waals surface area contributed by atoms with Gasteiger partial charge in [0.2, 0.25) is 10.0 Å². The number of nitrogens with one attached hydrogen (secondary N) is 1. The Kier molecular flexibility index (Phi) is 3.35. The predicted molar refractivity (Wildman–Crippen MR) is 83.4 cm³/mol. The van der Waals surface area contributed by atoms with Gasteiger partial charge in [-0.05, 0) is 36.4 Å². The van der Waals surface area contributed by atoms with Crippen molar-refractivity contribution in [2.24, 2.45) is 0 Å². The molecule has 0 radical (unpaired) electrons. The number of hydrogen-bond acceptors (Lipinski definition) is 4. The fourth-order valence-corrected chi connectivity index (χ4v) is 3.44. The zero-order valence-electron chi connectivity index (χ0n) is 11.7. The lowest BCUT2D eigenvalue weighted by Gasteiger charge is -2.19. The quantitative estimate of drug-likeness (QED) is 0.846. The second kappa shape index (κ2) is 5.05. The van der Waals surface area contributed by atoms with Crippen molar-refractivity contribution in [3.8, 4) is 0 Å². The first-order chi connectivity index (χ1) is 10.0. The molecule has 0 spiro atoms. The predicted octanol–water partition coefficient (Wildman–Crippen LogP) is 1.70. The number of nitrogens with two attached hydrogens (primary N) is 1. The van der Waals surface area contributed by atoms with E-state index >= 15 is 0 Å². The first-order valence-electron chi connectivity index (χ1n) is 6.66. The Hall–Kier alpha value is -2.05. The maximum absolute atomic E-state index is 11.8. The molecule has 0 amide bonds. The maximum Gasteiger partial charge on any atom is 0.242 e. The average molecular weight is 303 g/mol. The minimum atomic E-state index is -3.52. The monoisotopic (exact) mass is 303 g/mol. The SMILES string of the molecule is CNS(=O)(=O)c1ccc(N2Cc3ccccc3C2)cc1N. The Morgan fingerprint density at radius 3 is 2.24 bits per heavy atom. The van der Waals surface area contributed by atoms with E-state index in [4.69, 9.17) is 5.73 Å². The van der Waals surface area contributed by atoms with Crippen molar-refractivity contribution in [3.05, 3.63) is 53.6 Å². The Bertz CT molecular complexity index is 762. The molecule has 1 aliphatic rings. The summed E-state index contributed by atoms with van der Waals surface area (Å²) >= 11 is 0. The van der Waals surface area contributed by atoms with Gasteiger partial charge in [0.1, 0.15) is 4.90 Å². The molecule has 2 aromatic carbocycles. The molecule has 1 aliphatic heterocycles. The third-order valence-electron chi connectivity index (χ3n) is 3.76. The van der Waals surface area contributed by atoms with Crippen LogP contribution in [0.5, 0.6) is 0 Å². The molecule has 0 fully saturated rings.